The maximum Gasteiger partial charge on any atom is 0.153 e. The number of likely N-dealkylation sites (tertiary alicyclic amines) is 1. The largest absolute Gasteiger partial charge is 0.298 e. The molecule has 0 bridgehead atoms. The smallest absolute Gasteiger partial charge is 0.153 e. The predicted molar refractivity (Wildman–Crippen MR) is 77.8 cm³/mol. The van der Waals surface area contributed by atoms with Gasteiger partial charge < -0.3 is 0 Å². The van der Waals surface area contributed by atoms with Crippen molar-refractivity contribution in [3.8, 4) is 0 Å². The molecule has 106 valence electrons. The Bertz CT molecular complexity index is 250. The van der Waals surface area contributed by atoms with Crippen LogP contribution in [-0.2, 0) is 4.79 Å². The molecule has 18 heavy (non-hydrogen) atoms. The molecule has 0 unspecified atom stereocenters. The van der Waals surface area contributed by atoms with Gasteiger partial charge in [-0.25, -0.2) is 0 Å². The van der Waals surface area contributed by atoms with Crippen molar-refractivity contribution in [1.82, 2.24) is 4.90 Å². The normalized spacial score (nSPS) is 17.6. The molecule has 1 aliphatic rings. The summed E-state index contributed by atoms with van der Waals surface area (Å²) in [5.41, 5.74) is -0.145. The second-order valence-electron chi connectivity index (χ2n) is 6.14. The third-order valence-corrected chi connectivity index (χ3v) is 4.59. The summed E-state index contributed by atoms with van der Waals surface area (Å²) in [6.07, 6.45) is 7.49. The molecule has 1 saturated heterocycles. The summed E-state index contributed by atoms with van der Waals surface area (Å²) in [7, 11) is 0. The van der Waals surface area contributed by atoms with Gasteiger partial charge in [0, 0.05) is 6.42 Å². The lowest BCUT2D eigenvalue weighted by Crippen LogP contribution is -2.52. The van der Waals surface area contributed by atoms with Gasteiger partial charge in [0.1, 0.15) is 0 Å². The van der Waals surface area contributed by atoms with Gasteiger partial charge in [0.05, 0.1) is 5.54 Å². The predicted octanol–water partition coefficient (Wildman–Crippen LogP) is 4.04. The van der Waals surface area contributed by atoms with E-state index < -0.39 is 0 Å². The molecule has 1 rings (SSSR count). The van der Waals surface area contributed by atoms with E-state index in [-0.39, 0.29) is 5.54 Å². The Hall–Kier alpha value is -0.370. The third-order valence-electron chi connectivity index (χ3n) is 4.59. The Morgan fingerprint density at radius 2 is 1.72 bits per heavy atom. The van der Waals surface area contributed by atoms with Crippen LogP contribution in [0.4, 0.5) is 0 Å². The van der Waals surface area contributed by atoms with E-state index in [1.165, 1.54) is 19.3 Å². The van der Waals surface area contributed by atoms with Crippen LogP contribution in [-0.4, -0.2) is 29.3 Å². The number of hydrogen-bond acceptors (Lipinski definition) is 2. The molecule has 0 aromatic rings. The minimum atomic E-state index is -0.145. The van der Waals surface area contributed by atoms with Gasteiger partial charge in [0.2, 0.25) is 0 Å². The molecule has 0 aromatic heterocycles. The summed E-state index contributed by atoms with van der Waals surface area (Å²) >= 11 is 0. The quantitative estimate of drug-likeness (QED) is 0.651. The van der Waals surface area contributed by atoms with Gasteiger partial charge in [-0.05, 0) is 51.1 Å². The van der Waals surface area contributed by atoms with Crippen molar-refractivity contribution in [1.29, 1.82) is 0 Å². The highest BCUT2D eigenvalue weighted by Gasteiger charge is 2.40. The van der Waals surface area contributed by atoms with Crippen LogP contribution in [0.1, 0.15) is 72.6 Å². The molecule has 0 atom stereocenters. The number of carbonyl (C=O) groups excluding carboxylic acids is 1. The Labute approximate surface area is 113 Å². The van der Waals surface area contributed by atoms with E-state index in [9.17, 15) is 4.79 Å². The van der Waals surface area contributed by atoms with E-state index >= 15 is 0 Å². The zero-order valence-electron chi connectivity index (χ0n) is 12.8. The third kappa shape index (κ3) is 3.57. The van der Waals surface area contributed by atoms with Crippen LogP contribution in [0.3, 0.4) is 0 Å². The maximum absolute atomic E-state index is 12.7. The second-order valence-corrected chi connectivity index (χ2v) is 6.14. The lowest BCUT2D eigenvalue weighted by atomic mass is 9.83. The first-order chi connectivity index (χ1) is 8.56. The van der Waals surface area contributed by atoms with Gasteiger partial charge in [0.25, 0.3) is 0 Å². The van der Waals surface area contributed by atoms with E-state index in [4.69, 9.17) is 0 Å². The summed E-state index contributed by atoms with van der Waals surface area (Å²) in [5, 5.41) is 0. The summed E-state index contributed by atoms with van der Waals surface area (Å²) < 4.78 is 0. The van der Waals surface area contributed by atoms with Crippen LogP contribution in [0, 0.1) is 5.92 Å². The van der Waals surface area contributed by atoms with Crippen molar-refractivity contribution in [3.05, 3.63) is 0 Å². The average molecular weight is 253 g/mol. The number of rotatable bonds is 8. The average Bonchev–Trinajstić information content (AvgIpc) is 2.85. The van der Waals surface area contributed by atoms with Gasteiger partial charge in [0.15, 0.2) is 5.78 Å². The molecular weight excluding hydrogens is 222 g/mol. The van der Waals surface area contributed by atoms with Crippen molar-refractivity contribution < 1.29 is 4.79 Å². The number of Topliss-reactive ketones (excluding diaryl/α,β-unsaturated/α-hetero) is 1. The number of hydrogen-bond donors (Lipinski definition) is 0. The molecule has 1 aliphatic heterocycles. The zero-order valence-corrected chi connectivity index (χ0v) is 12.8. The number of nitrogens with zero attached hydrogens (tertiary/aromatic N) is 1. The first-order valence-electron chi connectivity index (χ1n) is 7.85. The lowest BCUT2D eigenvalue weighted by molar-refractivity contribution is -0.131. The van der Waals surface area contributed by atoms with Gasteiger partial charge in [-0.2, -0.15) is 0 Å². The molecular formula is C16H31NO. The minimum Gasteiger partial charge on any atom is -0.298 e. The van der Waals surface area contributed by atoms with Gasteiger partial charge in [-0.1, -0.05) is 34.1 Å². The summed E-state index contributed by atoms with van der Waals surface area (Å²) in [4.78, 5) is 15.1. The molecule has 2 nitrogen and oxygen atoms in total. The van der Waals surface area contributed by atoms with Crippen LogP contribution < -0.4 is 0 Å². The van der Waals surface area contributed by atoms with Crippen LogP contribution in [0.25, 0.3) is 0 Å². The molecule has 0 N–H and O–H groups in total. The molecule has 1 heterocycles. The van der Waals surface area contributed by atoms with Crippen LogP contribution in [0.5, 0.6) is 0 Å². The van der Waals surface area contributed by atoms with Crippen molar-refractivity contribution in [2.75, 3.05) is 13.1 Å². The summed E-state index contributed by atoms with van der Waals surface area (Å²) in [6, 6.07) is 0. The Balaban J connectivity index is 2.61. The first-order valence-corrected chi connectivity index (χ1v) is 7.85. The van der Waals surface area contributed by atoms with E-state index in [1.54, 1.807) is 0 Å². The summed E-state index contributed by atoms with van der Waals surface area (Å²) in [6.45, 7) is 11.1. The molecule has 1 fully saturated rings. The van der Waals surface area contributed by atoms with Crippen LogP contribution >= 0.6 is 0 Å². The van der Waals surface area contributed by atoms with E-state index in [0.717, 1.165) is 38.8 Å². The van der Waals surface area contributed by atoms with Crippen LogP contribution in [0.15, 0.2) is 0 Å². The van der Waals surface area contributed by atoms with Gasteiger partial charge in [-0.15, -0.1) is 0 Å². The first kappa shape index (κ1) is 15.7. The Kier molecular flexibility index (Phi) is 6.34. The van der Waals surface area contributed by atoms with E-state index in [0.29, 0.717) is 11.7 Å². The highest BCUT2D eigenvalue weighted by molar-refractivity contribution is 5.88. The fourth-order valence-electron chi connectivity index (χ4n) is 3.32. The SMILES string of the molecule is CCC(CC)(C(=O)CCCC(C)C)N1CCCC1. The van der Waals surface area contributed by atoms with Gasteiger partial charge >= 0.3 is 0 Å². The topological polar surface area (TPSA) is 20.3 Å². The molecule has 2 heteroatoms. The highest BCUT2D eigenvalue weighted by Crippen LogP contribution is 2.31. The van der Waals surface area contributed by atoms with Crippen molar-refractivity contribution >= 4 is 5.78 Å². The maximum atomic E-state index is 12.7. The van der Waals surface area contributed by atoms with Crippen molar-refractivity contribution in [2.24, 2.45) is 5.92 Å². The van der Waals surface area contributed by atoms with E-state index in [2.05, 4.69) is 32.6 Å². The Morgan fingerprint density at radius 3 is 2.17 bits per heavy atom. The molecule has 0 aromatic carbocycles. The monoisotopic (exact) mass is 253 g/mol. The summed E-state index contributed by atoms with van der Waals surface area (Å²) in [5.74, 6) is 1.21. The van der Waals surface area contributed by atoms with Crippen LogP contribution in [0.2, 0.25) is 0 Å². The molecule has 0 saturated carbocycles. The molecule has 0 radical (unpaired) electrons. The van der Waals surface area contributed by atoms with E-state index in [1.807, 2.05) is 0 Å². The molecule has 0 amide bonds. The number of ketones is 1. The fourth-order valence-corrected chi connectivity index (χ4v) is 3.32. The Morgan fingerprint density at radius 1 is 1.17 bits per heavy atom. The van der Waals surface area contributed by atoms with Crippen molar-refractivity contribution in [3.63, 3.8) is 0 Å². The number of carbonyl (C=O) groups is 1. The standard InChI is InChI=1S/C16H31NO/c1-5-16(6-2,17-12-7-8-13-17)15(18)11-9-10-14(3)4/h14H,5-13H2,1-4H3. The highest BCUT2D eigenvalue weighted by atomic mass is 16.1. The minimum absolute atomic E-state index is 0.145. The van der Waals surface area contributed by atoms with Gasteiger partial charge in [-0.3, -0.25) is 9.69 Å². The molecule has 0 aliphatic carbocycles. The van der Waals surface area contributed by atoms with Crippen molar-refractivity contribution in [2.45, 2.75) is 78.2 Å². The molecule has 0 spiro atoms. The second kappa shape index (κ2) is 7.28. The zero-order chi connectivity index (χ0) is 13.6. The lowest BCUT2D eigenvalue weighted by Gasteiger charge is -2.39. The fraction of sp³-hybridized carbons (Fsp3) is 0.938.